The number of ether oxygens (including phenoxy) is 2. The molecule has 3 amide bonds. The number of rotatable bonds is 17. The second-order valence-corrected chi connectivity index (χ2v) is 13.5. The van der Waals surface area contributed by atoms with E-state index in [4.69, 9.17) is 21.1 Å². The highest BCUT2D eigenvalue weighted by molar-refractivity contribution is 9.09. The molecule has 1 aromatic rings. The number of unbranched alkanes of at least 4 members (excludes halogenated alkanes) is 3. The largest absolute Gasteiger partial charge is 0.460 e. The fourth-order valence-corrected chi connectivity index (χ4v) is 8.00. The highest BCUT2D eigenvalue weighted by atomic mass is 79.9. The molecular weight excluding hydrogens is 666 g/mol. The van der Waals surface area contributed by atoms with E-state index in [9.17, 15) is 24.3 Å². The summed E-state index contributed by atoms with van der Waals surface area (Å²) in [7, 11) is 0. The van der Waals surface area contributed by atoms with Gasteiger partial charge in [-0.25, -0.2) is 0 Å². The summed E-state index contributed by atoms with van der Waals surface area (Å²) in [6.07, 6.45) is 5.94. The molecular formula is C33H43BrClN3O7. The average Bonchev–Trinajstić information content (AvgIpc) is 3.61. The van der Waals surface area contributed by atoms with Crippen LogP contribution in [-0.4, -0.2) is 88.6 Å². The molecule has 10 nitrogen and oxygen atoms in total. The van der Waals surface area contributed by atoms with Gasteiger partial charge in [0.25, 0.3) is 5.91 Å². The molecule has 3 heterocycles. The number of benzene rings is 1. The van der Waals surface area contributed by atoms with E-state index in [1.807, 2.05) is 0 Å². The van der Waals surface area contributed by atoms with Gasteiger partial charge in [-0.3, -0.25) is 19.2 Å². The molecule has 7 atom stereocenters. The van der Waals surface area contributed by atoms with Gasteiger partial charge in [0.15, 0.2) is 0 Å². The van der Waals surface area contributed by atoms with Crippen molar-refractivity contribution in [2.75, 3.05) is 31.1 Å². The normalized spacial score (nSPS) is 27.2. The van der Waals surface area contributed by atoms with Gasteiger partial charge in [0, 0.05) is 30.9 Å². The zero-order chi connectivity index (χ0) is 32.7. The molecule has 3 aliphatic heterocycles. The molecule has 0 aliphatic carbocycles. The number of aliphatic hydroxyl groups is 1. The number of para-hydroxylation sites is 1. The van der Waals surface area contributed by atoms with Crippen molar-refractivity contribution in [1.29, 1.82) is 0 Å². The molecule has 2 N–H and O–H groups in total. The first-order valence-corrected chi connectivity index (χ1v) is 16.9. The Bertz CT molecular complexity index is 1280. The molecule has 0 saturated carbocycles. The van der Waals surface area contributed by atoms with Crippen molar-refractivity contribution in [2.45, 2.75) is 80.5 Å². The second kappa shape index (κ2) is 15.7. The zero-order valence-electron chi connectivity index (χ0n) is 25.7. The van der Waals surface area contributed by atoms with E-state index in [0.717, 1.165) is 12.8 Å². The molecule has 12 heteroatoms. The van der Waals surface area contributed by atoms with Crippen LogP contribution in [-0.2, 0) is 28.7 Å². The third-order valence-corrected chi connectivity index (χ3v) is 9.97. The van der Waals surface area contributed by atoms with Crippen LogP contribution < -0.4 is 10.2 Å². The number of halogens is 2. The number of amides is 3. The Kier molecular flexibility index (Phi) is 12.3. The van der Waals surface area contributed by atoms with Crippen molar-refractivity contribution < 1.29 is 33.8 Å². The van der Waals surface area contributed by atoms with Crippen LogP contribution in [0.2, 0.25) is 5.02 Å². The third-order valence-electron chi connectivity index (χ3n) is 8.80. The van der Waals surface area contributed by atoms with E-state index in [1.54, 1.807) is 48.2 Å². The molecule has 45 heavy (non-hydrogen) atoms. The lowest BCUT2D eigenvalue weighted by molar-refractivity contribution is -0.159. The SMILES string of the molecule is C=CCCC(=O)NC[C@H](C)OC(=O)[C@@H]1[C@H]2O[C@@]3(CC2Br)[C@H](C(=O)N(CC=C)c2ccccc2Cl)N(CCCCCCO)C(=O)[C@@H]13. The van der Waals surface area contributed by atoms with Crippen molar-refractivity contribution in [3.8, 4) is 0 Å². The molecule has 0 radical (unpaired) electrons. The number of anilines is 1. The number of nitrogens with one attached hydrogen (secondary N) is 1. The third kappa shape index (κ3) is 7.32. The van der Waals surface area contributed by atoms with Crippen molar-refractivity contribution >= 4 is 56.9 Å². The lowest BCUT2D eigenvalue weighted by atomic mass is 9.70. The fourth-order valence-electron chi connectivity index (χ4n) is 6.82. The van der Waals surface area contributed by atoms with Gasteiger partial charge >= 0.3 is 5.97 Å². The number of alkyl halides is 1. The Morgan fingerprint density at radius 3 is 2.67 bits per heavy atom. The number of hydrogen-bond acceptors (Lipinski definition) is 7. The first-order chi connectivity index (χ1) is 21.6. The molecule has 3 fully saturated rings. The Labute approximate surface area is 278 Å². The molecule has 1 aromatic carbocycles. The van der Waals surface area contributed by atoms with E-state index in [0.29, 0.717) is 42.9 Å². The van der Waals surface area contributed by atoms with Crippen LogP contribution in [0.25, 0.3) is 0 Å². The molecule has 3 saturated heterocycles. The summed E-state index contributed by atoms with van der Waals surface area (Å²) in [5.41, 5.74) is -0.771. The van der Waals surface area contributed by atoms with Crippen LogP contribution in [0.3, 0.4) is 0 Å². The number of esters is 1. The predicted octanol–water partition coefficient (Wildman–Crippen LogP) is 4.17. The van der Waals surface area contributed by atoms with Gasteiger partial charge in [-0.05, 0) is 44.7 Å². The van der Waals surface area contributed by atoms with Crippen LogP contribution in [0.4, 0.5) is 5.69 Å². The quantitative estimate of drug-likeness (QED) is 0.108. The van der Waals surface area contributed by atoms with Gasteiger partial charge in [0.1, 0.15) is 17.7 Å². The molecule has 3 aliphatic rings. The van der Waals surface area contributed by atoms with E-state index in [1.165, 1.54) is 4.90 Å². The van der Waals surface area contributed by atoms with E-state index < -0.39 is 41.7 Å². The first kappa shape index (κ1) is 35.1. The number of fused-ring (bicyclic) bond motifs is 1. The van der Waals surface area contributed by atoms with E-state index in [2.05, 4.69) is 34.4 Å². The summed E-state index contributed by atoms with van der Waals surface area (Å²) in [4.78, 5) is 57.5. The lowest BCUT2D eigenvalue weighted by Gasteiger charge is -2.37. The van der Waals surface area contributed by atoms with Crippen LogP contribution >= 0.6 is 27.5 Å². The van der Waals surface area contributed by atoms with Gasteiger partial charge in [-0.1, -0.05) is 64.7 Å². The summed E-state index contributed by atoms with van der Waals surface area (Å²) >= 11 is 10.2. The number of likely N-dealkylation sites (tertiary alicyclic amines) is 1. The average molecular weight is 709 g/mol. The summed E-state index contributed by atoms with van der Waals surface area (Å²) in [5, 5.41) is 12.3. The number of carbonyl (C=O) groups excluding carboxylic acids is 4. The first-order valence-electron chi connectivity index (χ1n) is 15.6. The Balaban J connectivity index is 1.63. The van der Waals surface area contributed by atoms with Crippen LogP contribution in [0.15, 0.2) is 49.6 Å². The maximum Gasteiger partial charge on any atom is 0.312 e. The number of nitrogens with zero attached hydrogens (tertiary/aromatic N) is 2. The van der Waals surface area contributed by atoms with Crippen molar-refractivity contribution in [2.24, 2.45) is 11.8 Å². The highest BCUT2D eigenvalue weighted by Gasteiger charge is 2.77. The van der Waals surface area contributed by atoms with Crippen molar-refractivity contribution in [1.82, 2.24) is 10.2 Å². The molecule has 246 valence electrons. The second-order valence-electron chi connectivity index (χ2n) is 11.9. The van der Waals surface area contributed by atoms with E-state index >= 15 is 0 Å². The number of hydrogen-bond donors (Lipinski definition) is 2. The Morgan fingerprint density at radius 2 is 1.98 bits per heavy atom. The van der Waals surface area contributed by atoms with Gasteiger partial charge in [0.2, 0.25) is 11.8 Å². The minimum absolute atomic E-state index is 0.0892. The predicted molar refractivity (Wildman–Crippen MR) is 175 cm³/mol. The van der Waals surface area contributed by atoms with Gasteiger partial charge in [0.05, 0.1) is 35.2 Å². The molecule has 0 aromatic heterocycles. The maximum absolute atomic E-state index is 14.6. The smallest absolute Gasteiger partial charge is 0.312 e. The van der Waals surface area contributed by atoms with Gasteiger partial charge in [-0.2, -0.15) is 0 Å². The highest BCUT2D eigenvalue weighted by Crippen LogP contribution is 2.60. The summed E-state index contributed by atoms with van der Waals surface area (Å²) in [6.45, 7) is 9.79. The molecule has 2 bridgehead atoms. The summed E-state index contributed by atoms with van der Waals surface area (Å²) in [5.74, 6) is -3.30. The van der Waals surface area contributed by atoms with Crippen molar-refractivity contribution in [3.05, 3.63) is 54.6 Å². The fraction of sp³-hybridized carbons (Fsp3) is 0.576. The maximum atomic E-state index is 14.6. The minimum Gasteiger partial charge on any atom is -0.460 e. The molecule has 1 unspecified atom stereocenters. The zero-order valence-corrected chi connectivity index (χ0v) is 28.0. The van der Waals surface area contributed by atoms with Crippen LogP contribution in [0.5, 0.6) is 0 Å². The van der Waals surface area contributed by atoms with Crippen molar-refractivity contribution in [3.63, 3.8) is 0 Å². The number of carbonyl (C=O) groups is 4. The topological polar surface area (TPSA) is 125 Å². The van der Waals surface area contributed by atoms with Gasteiger partial charge in [-0.15, -0.1) is 13.2 Å². The monoisotopic (exact) mass is 707 g/mol. The van der Waals surface area contributed by atoms with Crippen LogP contribution in [0.1, 0.15) is 51.9 Å². The van der Waals surface area contributed by atoms with Gasteiger partial charge < -0.3 is 29.7 Å². The minimum atomic E-state index is -1.26. The lowest BCUT2D eigenvalue weighted by Crippen LogP contribution is -2.57. The van der Waals surface area contributed by atoms with Crippen LogP contribution in [0, 0.1) is 11.8 Å². The summed E-state index contributed by atoms with van der Waals surface area (Å²) < 4.78 is 12.4. The Hall–Kier alpha value is -2.73. The number of aliphatic hydroxyl groups excluding tert-OH is 1. The standard InChI is InChI=1S/C33H43BrClN3O7/c1-4-6-15-25(40)36-20-21(3)44-32(43)26-27-30(41)38(17-11-7-8-12-18-39)29(33(27)19-22(34)28(26)45-33)31(42)37(16-5-2)24-14-10-9-13-23(24)35/h4-5,9-10,13-14,21-22,26-29,39H,1-2,6-8,11-12,15-20H2,3H3,(H,36,40)/t21-,22?,26-,27+,28-,29-,33+/m0/s1. The molecule has 4 rings (SSSR count). The number of allylic oxidation sites excluding steroid dienone is 1. The Morgan fingerprint density at radius 1 is 1.24 bits per heavy atom. The van der Waals surface area contributed by atoms with E-state index in [-0.39, 0.29) is 48.7 Å². The summed E-state index contributed by atoms with van der Waals surface area (Å²) in [6, 6.07) is 5.99. The molecule has 1 spiro atoms.